The number of hydrogen-bond acceptors (Lipinski definition) is 5. The smallest absolute Gasteiger partial charge is 0.274 e. The van der Waals surface area contributed by atoms with E-state index in [1.807, 2.05) is 30.3 Å². The number of carbonyl (C=O) groups is 1. The second kappa shape index (κ2) is 7.39. The van der Waals surface area contributed by atoms with Crippen LogP contribution in [0.3, 0.4) is 0 Å². The Bertz CT molecular complexity index is 920. The fraction of sp³-hybridized carbons (Fsp3) is 0.111. The lowest BCUT2D eigenvalue weighted by Crippen LogP contribution is -2.18. The number of anilines is 3. The lowest BCUT2D eigenvalue weighted by Gasteiger charge is -2.07. The van der Waals surface area contributed by atoms with Gasteiger partial charge in [0.05, 0.1) is 0 Å². The summed E-state index contributed by atoms with van der Waals surface area (Å²) in [5.41, 5.74) is 2.48. The highest BCUT2D eigenvalue weighted by Gasteiger charge is 2.06. The molecule has 0 radical (unpaired) electrons. The van der Waals surface area contributed by atoms with Crippen LogP contribution in [-0.4, -0.2) is 21.1 Å². The van der Waals surface area contributed by atoms with E-state index in [0.29, 0.717) is 17.8 Å². The zero-order chi connectivity index (χ0) is 17.6. The van der Waals surface area contributed by atoms with E-state index < -0.39 is 0 Å². The van der Waals surface area contributed by atoms with Gasteiger partial charge in [-0.25, -0.2) is 0 Å². The molecule has 0 saturated heterocycles. The summed E-state index contributed by atoms with van der Waals surface area (Å²) in [7, 11) is 0. The number of aromatic amines is 1. The Morgan fingerprint density at radius 2 is 1.68 bits per heavy atom. The van der Waals surface area contributed by atoms with Crippen LogP contribution in [0.4, 0.5) is 17.3 Å². The third-order valence-electron chi connectivity index (χ3n) is 3.45. The molecule has 3 rings (SSSR count). The number of nitrogens with zero attached hydrogens (tertiary/aromatic N) is 2. The van der Waals surface area contributed by atoms with E-state index in [1.54, 1.807) is 24.3 Å². The van der Waals surface area contributed by atoms with Crippen molar-refractivity contribution in [2.24, 2.45) is 0 Å². The predicted molar refractivity (Wildman–Crippen MR) is 95.9 cm³/mol. The Morgan fingerprint density at radius 1 is 1.00 bits per heavy atom. The van der Waals surface area contributed by atoms with Gasteiger partial charge in [-0.1, -0.05) is 30.3 Å². The topological polar surface area (TPSA) is 99.8 Å². The van der Waals surface area contributed by atoms with Crippen molar-refractivity contribution in [3.8, 4) is 0 Å². The molecule has 0 spiro atoms. The summed E-state index contributed by atoms with van der Waals surface area (Å²) in [6.45, 7) is 1.45. The molecule has 0 atom stereocenters. The second-order valence-electron chi connectivity index (χ2n) is 5.50. The molecule has 0 aliphatic carbocycles. The fourth-order valence-electron chi connectivity index (χ4n) is 2.30. The molecule has 3 N–H and O–H groups in total. The zero-order valence-corrected chi connectivity index (χ0v) is 13.6. The van der Waals surface area contributed by atoms with Crippen LogP contribution in [0.15, 0.2) is 59.4 Å². The van der Waals surface area contributed by atoms with E-state index >= 15 is 0 Å². The number of amides is 1. The minimum atomic E-state index is -0.281. The summed E-state index contributed by atoms with van der Waals surface area (Å²) in [5.74, 6) is 0.124. The van der Waals surface area contributed by atoms with Crippen molar-refractivity contribution in [1.29, 1.82) is 0 Å². The third-order valence-corrected chi connectivity index (χ3v) is 3.45. The first-order valence-electron chi connectivity index (χ1n) is 7.74. The molecule has 0 aliphatic heterocycles. The summed E-state index contributed by atoms with van der Waals surface area (Å²) in [5, 5.41) is 13.7. The van der Waals surface area contributed by atoms with Crippen LogP contribution < -0.4 is 16.2 Å². The molecule has 7 nitrogen and oxygen atoms in total. The van der Waals surface area contributed by atoms with Gasteiger partial charge in [0.2, 0.25) is 11.9 Å². The maximum atomic E-state index is 12.2. The Morgan fingerprint density at radius 3 is 2.32 bits per heavy atom. The number of nitrogens with one attached hydrogen (secondary N) is 3. The molecule has 1 heterocycles. The fourth-order valence-corrected chi connectivity index (χ4v) is 2.30. The molecule has 25 heavy (non-hydrogen) atoms. The van der Waals surface area contributed by atoms with Crippen LogP contribution in [0.2, 0.25) is 0 Å². The SMILES string of the molecule is CC(=O)Nc1ccc(Nc2nnc(Cc3ccccc3)c(=O)[nH]2)cc1. The largest absolute Gasteiger partial charge is 0.326 e. The molecule has 2 aromatic carbocycles. The molecule has 126 valence electrons. The van der Waals surface area contributed by atoms with Crippen molar-refractivity contribution in [1.82, 2.24) is 15.2 Å². The van der Waals surface area contributed by atoms with E-state index in [2.05, 4.69) is 25.8 Å². The molecule has 7 heteroatoms. The van der Waals surface area contributed by atoms with Crippen LogP contribution in [0.1, 0.15) is 18.2 Å². The quantitative estimate of drug-likeness (QED) is 0.665. The highest BCUT2D eigenvalue weighted by Crippen LogP contribution is 2.16. The normalized spacial score (nSPS) is 10.3. The number of benzene rings is 2. The standard InChI is InChI=1S/C18H17N5O2/c1-12(24)19-14-7-9-15(10-8-14)20-18-21-17(25)16(22-23-18)11-13-5-3-2-4-6-13/h2-10H,11H2,1H3,(H,19,24)(H2,20,21,23,25). The van der Waals surface area contributed by atoms with Gasteiger partial charge in [0.15, 0.2) is 0 Å². The number of carbonyl (C=O) groups excluding carboxylic acids is 1. The summed E-state index contributed by atoms with van der Waals surface area (Å²) in [6.07, 6.45) is 0.425. The van der Waals surface area contributed by atoms with Crippen molar-refractivity contribution in [3.05, 3.63) is 76.2 Å². The Kier molecular flexibility index (Phi) is 4.84. The molecule has 0 unspecified atom stereocenters. The van der Waals surface area contributed by atoms with Gasteiger partial charge in [0.25, 0.3) is 5.56 Å². The van der Waals surface area contributed by atoms with Gasteiger partial charge in [0, 0.05) is 24.7 Å². The van der Waals surface area contributed by atoms with E-state index in [9.17, 15) is 9.59 Å². The first-order chi connectivity index (χ1) is 12.1. The summed E-state index contributed by atoms with van der Waals surface area (Å²) >= 11 is 0. The number of hydrogen-bond donors (Lipinski definition) is 3. The Hall–Kier alpha value is -3.48. The first kappa shape index (κ1) is 16.4. The van der Waals surface area contributed by atoms with Crippen LogP contribution >= 0.6 is 0 Å². The van der Waals surface area contributed by atoms with E-state index in [0.717, 1.165) is 11.3 Å². The van der Waals surface area contributed by atoms with Crippen LogP contribution in [-0.2, 0) is 11.2 Å². The second-order valence-corrected chi connectivity index (χ2v) is 5.50. The van der Waals surface area contributed by atoms with Crippen molar-refractivity contribution >= 4 is 23.2 Å². The average molecular weight is 335 g/mol. The molecule has 1 amide bonds. The van der Waals surface area contributed by atoms with E-state index in [4.69, 9.17) is 0 Å². The highest BCUT2D eigenvalue weighted by atomic mass is 16.1. The average Bonchev–Trinajstić information content (AvgIpc) is 2.60. The predicted octanol–water partition coefficient (Wildman–Crippen LogP) is 2.46. The summed E-state index contributed by atoms with van der Waals surface area (Å²) in [6, 6.07) is 16.6. The van der Waals surface area contributed by atoms with Gasteiger partial charge in [0.1, 0.15) is 5.69 Å². The van der Waals surface area contributed by atoms with Crippen molar-refractivity contribution in [2.45, 2.75) is 13.3 Å². The third kappa shape index (κ3) is 4.51. The summed E-state index contributed by atoms with van der Waals surface area (Å²) in [4.78, 5) is 25.9. The molecule has 0 fully saturated rings. The van der Waals surface area contributed by atoms with Gasteiger partial charge in [-0.15, -0.1) is 10.2 Å². The minimum Gasteiger partial charge on any atom is -0.326 e. The van der Waals surface area contributed by atoms with E-state index in [1.165, 1.54) is 6.92 Å². The maximum absolute atomic E-state index is 12.2. The Balaban J connectivity index is 1.70. The molecule has 0 saturated carbocycles. The molecule has 0 bridgehead atoms. The zero-order valence-electron chi connectivity index (χ0n) is 13.6. The molecule has 1 aromatic heterocycles. The number of H-pyrrole nitrogens is 1. The molecule has 0 aliphatic rings. The number of rotatable bonds is 5. The summed E-state index contributed by atoms with van der Waals surface area (Å²) < 4.78 is 0. The maximum Gasteiger partial charge on any atom is 0.274 e. The van der Waals surface area contributed by atoms with Crippen molar-refractivity contribution in [2.75, 3.05) is 10.6 Å². The van der Waals surface area contributed by atoms with Crippen LogP contribution in [0.5, 0.6) is 0 Å². The Labute approximate surface area is 144 Å². The van der Waals surface area contributed by atoms with Crippen molar-refractivity contribution in [3.63, 3.8) is 0 Å². The van der Waals surface area contributed by atoms with Gasteiger partial charge in [-0.2, -0.15) is 0 Å². The molecular weight excluding hydrogens is 318 g/mol. The van der Waals surface area contributed by atoms with Crippen molar-refractivity contribution < 1.29 is 4.79 Å². The van der Waals surface area contributed by atoms with Gasteiger partial charge in [-0.05, 0) is 29.8 Å². The highest BCUT2D eigenvalue weighted by molar-refractivity contribution is 5.88. The lowest BCUT2D eigenvalue weighted by molar-refractivity contribution is -0.114. The van der Waals surface area contributed by atoms with Gasteiger partial charge >= 0.3 is 0 Å². The van der Waals surface area contributed by atoms with Gasteiger partial charge < -0.3 is 10.6 Å². The number of aromatic nitrogens is 3. The van der Waals surface area contributed by atoms with Crippen LogP contribution in [0.25, 0.3) is 0 Å². The van der Waals surface area contributed by atoms with E-state index in [-0.39, 0.29) is 17.4 Å². The monoisotopic (exact) mass is 335 g/mol. The molecular formula is C18H17N5O2. The molecule has 3 aromatic rings. The van der Waals surface area contributed by atoms with Gasteiger partial charge in [-0.3, -0.25) is 14.6 Å². The first-order valence-corrected chi connectivity index (χ1v) is 7.74. The minimum absolute atomic E-state index is 0.134. The van der Waals surface area contributed by atoms with Crippen LogP contribution in [0, 0.1) is 0 Å². The lowest BCUT2D eigenvalue weighted by atomic mass is 10.1.